The van der Waals surface area contributed by atoms with Gasteiger partial charge in [0.15, 0.2) is 0 Å². The molecule has 0 fully saturated rings. The summed E-state index contributed by atoms with van der Waals surface area (Å²) in [4.78, 5) is 23.9. The lowest BCUT2D eigenvalue weighted by atomic mass is 9.96. The predicted molar refractivity (Wildman–Crippen MR) is 89.9 cm³/mol. The van der Waals surface area contributed by atoms with Gasteiger partial charge in [0, 0.05) is 23.7 Å². The summed E-state index contributed by atoms with van der Waals surface area (Å²) >= 11 is 0. The van der Waals surface area contributed by atoms with Crippen LogP contribution in [0.3, 0.4) is 0 Å². The minimum atomic E-state index is -1.25. The normalized spacial score (nSPS) is 13.2. The zero-order valence-corrected chi connectivity index (χ0v) is 14.3. The van der Waals surface area contributed by atoms with Crippen molar-refractivity contribution in [3.05, 3.63) is 58.5 Å². The van der Waals surface area contributed by atoms with Crippen LogP contribution in [0.15, 0.2) is 34.7 Å². The van der Waals surface area contributed by atoms with Gasteiger partial charge in [-0.3, -0.25) is 9.59 Å². The lowest BCUT2D eigenvalue weighted by Crippen LogP contribution is -2.38. The van der Waals surface area contributed by atoms with Crippen LogP contribution in [0.25, 0.3) is 0 Å². The zero-order chi connectivity index (χ0) is 17.9. The van der Waals surface area contributed by atoms with Crippen molar-refractivity contribution in [2.45, 2.75) is 26.4 Å². The van der Waals surface area contributed by atoms with Gasteiger partial charge in [-0.15, -0.1) is 0 Å². The summed E-state index contributed by atoms with van der Waals surface area (Å²) in [6, 6.07) is 8.15. The molecule has 1 heterocycles. The largest absolute Gasteiger partial charge is 0.466 e. The summed E-state index contributed by atoms with van der Waals surface area (Å²) in [6.07, 6.45) is 0. The number of furan rings is 1. The van der Waals surface area contributed by atoms with Crippen molar-refractivity contribution in [3.63, 3.8) is 0 Å². The molecule has 0 aliphatic carbocycles. The van der Waals surface area contributed by atoms with Gasteiger partial charge in [0.25, 0.3) is 11.8 Å². The molecule has 2 rings (SSSR count). The number of amides is 2. The quantitative estimate of drug-likeness (QED) is 0.781. The molecule has 1 unspecified atom stereocenters. The van der Waals surface area contributed by atoms with E-state index in [2.05, 4.69) is 10.6 Å². The number of carbonyl (C=O) groups is 2. The molecule has 0 spiro atoms. The van der Waals surface area contributed by atoms with E-state index >= 15 is 0 Å². The van der Waals surface area contributed by atoms with Gasteiger partial charge in [0.1, 0.15) is 17.1 Å². The average molecular weight is 330 g/mol. The van der Waals surface area contributed by atoms with Gasteiger partial charge >= 0.3 is 0 Å². The number of aryl methyl sites for hydroxylation is 2. The lowest BCUT2D eigenvalue weighted by Gasteiger charge is -2.23. The molecule has 1 atom stereocenters. The van der Waals surface area contributed by atoms with Crippen LogP contribution in [0.2, 0.25) is 0 Å². The molecular weight excluding hydrogens is 308 g/mol. The third kappa shape index (κ3) is 3.83. The predicted octanol–water partition coefficient (Wildman–Crippen LogP) is 1.89. The zero-order valence-electron chi connectivity index (χ0n) is 14.3. The molecule has 24 heavy (non-hydrogen) atoms. The van der Waals surface area contributed by atoms with Gasteiger partial charge in [-0.25, -0.2) is 0 Å². The number of hydrogen-bond donors (Lipinski definition) is 3. The summed E-state index contributed by atoms with van der Waals surface area (Å²) in [5.74, 6) is 0.695. The maximum absolute atomic E-state index is 12.3. The number of carbonyl (C=O) groups excluding carboxylic acids is 2. The highest BCUT2D eigenvalue weighted by molar-refractivity contribution is 5.99. The smallest absolute Gasteiger partial charge is 0.251 e. The molecule has 1 aromatic carbocycles. The van der Waals surface area contributed by atoms with Gasteiger partial charge in [-0.1, -0.05) is 6.07 Å². The van der Waals surface area contributed by atoms with E-state index in [-0.39, 0.29) is 18.4 Å². The molecule has 128 valence electrons. The molecule has 0 aliphatic rings. The first kappa shape index (κ1) is 17.7. The van der Waals surface area contributed by atoms with Crippen LogP contribution in [-0.2, 0) is 5.60 Å². The summed E-state index contributed by atoms with van der Waals surface area (Å²) in [5, 5.41) is 15.8. The number of benzene rings is 1. The van der Waals surface area contributed by atoms with Crippen LogP contribution in [0, 0.1) is 13.8 Å². The Morgan fingerprint density at radius 3 is 2.33 bits per heavy atom. The van der Waals surface area contributed by atoms with Gasteiger partial charge < -0.3 is 20.2 Å². The Hall–Kier alpha value is -2.60. The van der Waals surface area contributed by atoms with Crippen molar-refractivity contribution < 1.29 is 19.1 Å². The van der Waals surface area contributed by atoms with Crippen molar-refractivity contribution in [1.29, 1.82) is 0 Å². The van der Waals surface area contributed by atoms with Crippen LogP contribution in [0.1, 0.15) is 44.7 Å². The summed E-state index contributed by atoms with van der Waals surface area (Å²) < 4.78 is 5.43. The first-order chi connectivity index (χ1) is 11.2. The molecule has 0 bridgehead atoms. The van der Waals surface area contributed by atoms with Crippen molar-refractivity contribution in [2.75, 3.05) is 13.6 Å². The Kier molecular flexibility index (Phi) is 5.09. The molecule has 0 radical (unpaired) electrons. The minimum absolute atomic E-state index is 0.0237. The van der Waals surface area contributed by atoms with Crippen molar-refractivity contribution in [1.82, 2.24) is 10.6 Å². The van der Waals surface area contributed by atoms with Crippen LogP contribution in [0.5, 0.6) is 0 Å². The number of rotatable bonds is 5. The van der Waals surface area contributed by atoms with Crippen molar-refractivity contribution >= 4 is 11.8 Å². The molecule has 6 heteroatoms. The Labute approximate surface area is 140 Å². The average Bonchev–Trinajstić information content (AvgIpc) is 2.91. The van der Waals surface area contributed by atoms with Gasteiger partial charge in [0.2, 0.25) is 0 Å². The topological polar surface area (TPSA) is 91.6 Å². The summed E-state index contributed by atoms with van der Waals surface area (Å²) in [6.45, 7) is 5.21. The fraction of sp³-hybridized carbons (Fsp3) is 0.333. The standard InChI is InChI=1S/C18H22N2O4/c1-11-8-15(12(2)24-11)18(3,23)10-20-17(22)14-7-5-6-13(9-14)16(21)19-4/h5-9,23H,10H2,1-4H3,(H,19,21)(H,20,22). The van der Waals surface area contributed by atoms with E-state index in [9.17, 15) is 14.7 Å². The number of aliphatic hydroxyl groups is 1. The highest BCUT2D eigenvalue weighted by Gasteiger charge is 2.28. The first-order valence-electron chi connectivity index (χ1n) is 7.65. The van der Waals surface area contributed by atoms with Crippen LogP contribution in [-0.4, -0.2) is 30.5 Å². The second-order valence-corrected chi connectivity index (χ2v) is 5.94. The molecule has 2 aromatic rings. The highest BCUT2D eigenvalue weighted by atomic mass is 16.3. The molecule has 2 amide bonds. The van der Waals surface area contributed by atoms with E-state index in [1.54, 1.807) is 45.0 Å². The Balaban J connectivity index is 2.10. The van der Waals surface area contributed by atoms with Gasteiger partial charge in [0.05, 0.1) is 6.54 Å². The number of hydrogen-bond acceptors (Lipinski definition) is 4. The molecule has 3 N–H and O–H groups in total. The highest BCUT2D eigenvalue weighted by Crippen LogP contribution is 2.26. The Morgan fingerprint density at radius 2 is 1.79 bits per heavy atom. The van der Waals surface area contributed by atoms with Gasteiger partial charge in [-0.2, -0.15) is 0 Å². The van der Waals surface area contributed by atoms with E-state index in [1.807, 2.05) is 0 Å². The van der Waals surface area contributed by atoms with Crippen molar-refractivity contribution in [3.8, 4) is 0 Å². The maximum atomic E-state index is 12.3. The molecular formula is C18H22N2O4. The van der Waals surface area contributed by atoms with Crippen LogP contribution < -0.4 is 10.6 Å². The van der Waals surface area contributed by atoms with E-state index in [0.29, 0.717) is 28.2 Å². The van der Waals surface area contributed by atoms with E-state index < -0.39 is 5.60 Å². The fourth-order valence-electron chi connectivity index (χ4n) is 2.56. The molecule has 0 saturated carbocycles. The Morgan fingerprint density at radius 1 is 1.17 bits per heavy atom. The van der Waals surface area contributed by atoms with Crippen LogP contribution in [0.4, 0.5) is 0 Å². The molecule has 0 saturated heterocycles. The number of nitrogens with one attached hydrogen (secondary N) is 2. The molecule has 0 aliphatic heterocycles. The van der Waals surface area contributed by atoms with E-state index in [4.69, 9.17) is 4.42 Å². The third-order valence-corrected chi connectivity index (χ3v) is 3.83. The second-order valence-electron chi connectivity index (χ2n) is 5.94. The summed E-state index contributed by atoms with van der Waals surface area (Å²) in [5.41, 5.74) is 0.139. The second kappa shape index (κ2) is 6.88. The van der Waals surface area contributed by atoms with Crippen molar-refractivity contribution in [2.24, 2.45) is 0 Å². The minimum Gasteiger partial charge on any atom is -0.466 e. The molecule has 6 nitrogen and oxygen atoms in total. The third-order valence-electron chi connectivity index (χ3n) is 3.83. The van der Waals surface area contributed by atoms with Gasteiger partial charge in [-0.05, 0) is 45.0 Å². The Bertz CT molecular complexity index is 762. The first-order valence-corrected chi connectivity index (χ1v) is 7.65. The molecule has 1 aromatic heterocycles. The van der Waals surface area contributed by atoms with E-state index in [1.165, 1.54) is 13.1 Å². The SMILES string of the molecule is CNC(=O)c1cccc(C(=O)NCC(C)(O)c2cc(C)oc2C)c1. The maximum Gasteiger partial charge on any atom is 0.251 e. The van der Waals surface area contributed by atoms with E-state index in [0.717, 1.165) is 0 Å². The lowest BCUT2D eigenvalue weighted by molar-refractivity contribution is 0.0514. The fourth-order valence-corrected chi connectivity index (χ4v) is 2.56. The van der Waals surface area contributed by atoms with Crippen LogP contribution >= 0.6 is 0 Å². The summed E-state index contributed by atoms with van der Waals surface area (Å²) in [7, 11) is 1.53. The monoisotopic (exact) mass is 330 g/mol.